The van der Waals surface area contributed by atoms with Crippen LogP contribution in [0.15, 0.2) is 0 Å². The van der Waals surface area contributed by atoms with Crippen LogP contribution in [-0.4, -0.2) is 44.7 Å². The van der Waals surface area contributed by atoms with Crippen LogP contribution in [0.4, 0.5) is 0 Å². The Balaban J connectivity index is 4.51. The van der Waals surface area contributed by atoms with Crippen LogP contribution in [-0.2, 0) is 14.8 Å². The summed E-state index contributed by atoms with van der Waals surface area (Å²) in [6.45, 7) is 6.10. The van der Waals surface area contributed by atoms with E-state index in [1.807, 2.05) is 20.1 Å². The molecule has 0 aliphatic carbocycles. The number of carbonyl (C=O) groups is 1. The van der Waals surface area contributed by atoms with Gasteiger partial charge in [0.2, 0.25) is 15.9 Å². The molecule has 0 rings (SSSR count). The summed E-state index contributed by atoms with van der Waals surface area (Å²) in [5.41, 5.74) is 0. The van der Waals surface area contributed by atoms with Gasteiger partial charge in [-0.25, -0.2) is 13.1 Å². The number of amides is 1. The molecule has 0 bridgehead atoms. The van der Waals surface area contributed by atoms with Crippen molar-refractivity contribution in [3.05, 3.63) is 0 Å². The zero-order chi connectivity index (χ0) is 14.2. The second-order valence-corrected chi connectivity index (χ2v) is 7.52. The first-order valence-corrected chi connectivity index (χ1v) is 9.13. The Labute approximate surface area is 115 Å². The number of sulfonamides is 1. The van der Waals surface area contributed by atoms with Crippen molar-refractivity contribution >= 4 is 27.7 Å². The lowest BCUT2D eigenvalue weighted by molar-refractivity contribution is -0.122. The van der Waals surface area contributed by atoms with Gasteiger partial charge in [0.1, 0.15) is 6.04 Å². The molecule has 0 fully saturated rings. The Morgan fingerprint density at radius 2 is 1.94 bits per heavy atom. The van der Waals surface area contributed by atoms with Crippen molar-refractivity contribution in [3.8, 4) is 0 Å². The third kappa shape index (κ3) is 7.94. The fraction of sp³-hybridized carbons (Fsp3) is 0.909. The molecule has 0 spiro atoms. The molecule has 0 saturated heterocycles. The predicted molar refractivity (Wildman–Crippen MR) is 77.2 cm³/mol. The van der Waals surface area contributed by atoms with Crippen LogP contribution in [0.25, 0.3) is 0 Å². The third-order valence-corrected chi connectivity index (χ3v) is 4.36. The molecule has 0 heterocycles. The van der Waals surface area contributed by atoms with E-state index in [9.17, 15) is 13.2 Å². The Morgan fingerprint density at radius 3 is 2.39 bits per heavy atom. The number of hydrogen-bond acceptors (Lipinski definition) is 4. The fourth-order valence-electron chi connectivity index (χ4n) is 1.21. The molecule has 7 heteroatoms. The number of thioether (sulfide) groups is 1. The summed E-state index contributed by atoms with van der Waals surface area (Å²) in [4.78, 5) is 11.9. The Hall–Kier alpha value is -0.270. The summed E-state index contributed by atoms with van der Waals surface area (Å²) in [5, 5.41) is 2.76. The van der Waals surface area contributed by atoms with Gasteiger partial charge in [-0.1, -0.05) is 13.8 Å². The van der Waals surface area contributed by atoms with Crippen molar-refractivity contribution < 1.29 is 13.2 Å². The molecule has 0 aromatic heterocycles. The average Bonchev–Trinajstić information content (AvgIpc) is 2.31. The first-order valence-electron chi connectivity index (χ1n) is 6.09. The lowest BCUT2D eigenvalue weighted by Gasteiger charge is -2.18. The highest BCUT2D eigenvalue weighted by Gasteiger charge is 2.22. The van der Waals surface area contributed by atoms with Crippen LogP contribution in [0, 0.1) is 5.92 Å². The zero-order valence-corrected chi connectivity index (χ0v) is 13.2. The van der Waals surface area contributed by atoms with Crippen molar-refractivity contribution in [2.75, 3.05) is 24.3 Å². The largest absolute Gasteiger partial charge is 0.354 e. The summed E-state index contributed by atoms with van der Waals surface area (Å²) in [6.07, 6.45) is 2.43. The number of hydrogen-bond donors (Lipinski definition) is 2. The van der Waals surface area contributed by atoms with Gasteiger partial charge in [0.05, 0.1) is 5.75 Å². The van der Waals surface area contributed by atoms with E-state index in [4.69, 9.17) is 0 Å². The Morgan fingerprint density at radius 1 is 1.33 bits per heavy atom. The van der Waals surface area contributed by atoms with Gasteiger partial charge < -0.3 is 5.32 Å². The minimum Gasteiger partial charge on any atom is -0.354 e. The van der Waals surface area contributed by atoms with E-state index in [1.54, 1.807) is 18.7 Å². The maximum Gasteiger partial charge on any atom is 0.238 e. The number of carbonyl (C=O) groups excluding carboxylic acids is 1. The van der Waals surface area contributed by atoms with E-state index in [0.717, 1.165) is 5.75 Å². The molecule has 2 N–H and O–H groups in total. The summed E-state index contributed by atoms with van der Waals surface area (Å²) in [6, 6.07) is -0.666. The van der Waals surface area contributed by atoms with Gasteiger partial charge in [-0.05, 0) is 31.3 Å². The summed E-state index contributed by atoms with van der Waals surface area (Å²) >= 11 is 1.59. The molecule has 108 valence electrons. The molecule has 1 atom stereocenters. The molecular weight excluding hydrogens is 272 g/mol. The number of rotatable bonds is 9. The normalized spacial score (nSPS) is 13.6. The molecule has 18 heavy (non-hydrogen) atoms. The highest BCUT2D eigenvalue weighted by molar-refractivity contribution is 7.98. The lowest BCUT2D eigenvalue weighted by atomic mass is 10.2. The van der Waals surface area contributed by atoms with Crippen LogP contribution >= 0.6 is 11.8 Å². The quantitative estimate of drug-likeness (QED) is 0.660. The zero-order valence-electron chi connectivity index (χ0n) is 11.5. The predicted octanol–water partition coefficient (Wildman–Crippen LogP) is 0.820. The van der Waals surface area contributed by atoms with Gasteiger partial charge in [0, 0.05) is 6.54 Å². The van der Waals surface area contributed by atoms with Crippen LogP contribution in [0.2, 0.25) is 0 Å². The summed E-state index contributed by atoms with van der Waals surface area (Å²) in [5.74, 6) is 0.833. The summed E-state index contributed by atoms with van der Waals surface area (Å²) in [7, 11) is -3.35. The van der Waals surface area contributed by atoms with E-state index in [0.29, 0.717) is 18.9 Å². The molecular formula is C11H24N2O3S2. The molecule has 0 saturated carbocycles. The SMILES string of the molecule is CCS(=O)(=O)NC(CCSC)C(=O)NCC(C)C. The topological polar surface area (TPSA) is 75.3 Å². The molecule has 0 radical (unpaired) electrons. The van der Waals surface area contributed by atoms with Crippen molar-refractivity contribution in [2.45, 2.75) is 33.2 Å². The van der Waals surface area contributed by atoms with Gasteiger partial charge in [0.15, 0.2) is 0 Å². The second-order valence-electron chi connectivity index (χ2n) is 4.49. The fourth-order valence-corrected chi connectivity index (χ4v) is 2.50. The highest BCUT2D eigenvalue weighted by atomic mass is 32.2. The van der Waals surface area contributed by atoms with E-state index in [2.05, 4.69) is 10.0 Å². The molecule has 1 amide bonds. The first-order chi connectivity index (χ1) is 8.32. The van der Waals surface area contributed by atoms with Crippen molar-refractivity contribution in [1.82, 2.24) is 10.0 Å². The van der Waals surface area contributed by atoms with Crippen LogP contribution in [0.5, 0.6) is 0 Å². The van der Waals surface area contributed by atoms with E-state index in [1.165, 1.54) is 0 Å². The van der Waals surface area contributed by atoms with Crippen LogP contribution < -0.4 is 10.0 Å². The Bertz CT molecular complexity index is 342. The minimum atomic E-state index is -3.35. The molecule has 0 aromatic carbocycles. The van der Waals surface area contributed by atoms with Gasteiger partial charge in [-0.3, -0.25) is 4.79 Å². The van der Waals surface area contributed by atoms with E-state index < -0.39 is 16.1 Å². The molecule has 0 aliphatic rings. The van der Waals surface area contributed by atoms with Crippen LogP contribution in [0.3, 0.4) is 0 Å². The molecule has 0 aliphatic heterocycles. The molecule has 5 nitrogen and oxygen atoms in total. The van der Waals surface area contributed by atoms with Crippen molar-refractivity contribution in [1.29, 1.82) is 0 Å². The highest BCUT2D eigenvalue weighted by Crippen LogP contribution is 2.03. The molecule has 1 unspecified atom stereocenters. The van der Waals surface area contributed by atoms with E-state index >= 15 is 0 Å². The Kier molecular flexibility index (Phi) is 8.64. The van der Waals surface area contributed by atoms with E-state index in [-0.39, 0.29) is 11.7 Å². The van der Waals surface area contributed by atoms with Crippen molar-refractivity contribution in [3.63, 3.8) is 0 Å². The minimum absolute atomic E-state index is 0.0137. The summed E-state index contributed by atoms with van der Waals surface area (Å²) < 4.78 is 25.5. The maximum absolute atomic E-state index is 11.9. The average molecular weight is 296 g/mol. The van der Waals surface area contributed by atoms with Gasteiger partial charge >= 0.3 is 0 Å². The smallest absolute Gasteiger partial charge is 0.238 e. The van der Waals surface area contributed by atoms with Gasteiger partial charge in [-0.2, -0.15) is 11.8 Å². The standard InChI is InChI=1S/C11H24N2O3S2/c1-5-18(15,16)13-10(6-7-17-4)11(14)12-8-9(2)3/h9-10,13H,5-8H2,1-4H3,(H,12,14). The molecule has 0 aromatic rings. The van der Waals surface area contributed by atoms with Gasteiger partial charge in [0.25, 0.3) is 0 Å². The monoisotopic (exact) mass is 296 g/mol. The number of nitrogens with one attached hydrogen (secondary N) is 2. The lowest BCUT2D eigenvalue weighted by Crippen LogP contribution is -2.48. The first kappa shape index (κ1) is 17.7. The van der Waals surface area contributed by atoms with Gasteiger partial charge in [-0.15, -0.1) is 0 Å². The van der Waals surface area contributed by atoms with Crippen LogP contribution in [0.1, 0.15) is 27.2 Å². The third-order valence-electron chi connectivity index (χ3n) is 2.31. The van der Waals surface area contributed by atoms with Crippen molar-refractivity contribution in [2.24, 2.45) is 5.92 Å². The maximum atomic E-state index is 11.9. The second kappa shape index (κ2) is 8.77.